The summed E-state index contributed by atoms with van der Waals surface area (Å²) in [6, 6.07) is 9.05. The molecule has 2 aromatic carbocycles. The van der Waals surface area contributed by atoms with Crippen LogP contribution in [0.15, 0.2) is 47.4 Å². The van der Waals surface area contributed by atoms with Crippen LogP contribution in [0.5, 0.6) is 5.75 Å². The molecule has 0 aromatic heterocycles. The van der Waals surface area contributed by atoms with Crippen molar-refractivity contribution in [1.82, 2.24) is 10.2 Å². The Bertz CT molecular complexity index is 1100. The molecule has 1 aliphatic rings. The van der Waals surface area contributed by atoms with Gasteiger partial charge in [-0.2, -0.15) is 13.2 Å². The van der Waals surface area contributed by atoms with Gasteiger partial charge in [-0.3, -0.25) is 9.69 Å². The van der Waals surface area contributed by atoms with Crippen LogP contribution in [0.4, 0.5) is 18.9 Å². The quantitative estimate of drug-likeness (QED) is 0.620. The molecule has 180 valence electrons. The third-order valence-corrected chi connectivity index (χ3v) is 6.28. The molecule has 0 radical (unpaired) electrons. The number of hydrogen-bond acceptors (Lipinski definition) is 6. The van der Waals surface area contributed by atoms with E-state index in [-0.39, 0.29) is 16.2 Å². The minimum absolute atomic E-state index is 0.0541. The second-order valence-corrected chi connectivity index (χ2v) is 9.10. The van der Waals surface area contributed by atoms with E-state index in [1.54, 1.807) is 6.07 Å². The zero-order chi connectivity index (χ0) is 24.2. The number of sulfonamides is 1. The number of piperazine rings is 1. The summed E-state index contributed by atoms with van der Waals surface area (Å²) in [6.07, 6.45) is -4.38. The Morgan fingerprint density at radius 3 is 2.42 bits per heavy atom. The van der Waals surface area contributed by atoms with E-state index < -0.39 is 27.7 Å². The fourth-order valence-electron chi connectivity index (χ4n) is 3.57. The number of carbonyl (C=O) groups excluding carboxylic acids is 1. The predicted molar refractivity (Wildman–Crippen MR) is 117 cm³/mol. The largest absolute Gasteiger partial charge is 0.496 e. The third-order valence-electron chi connectivity index (χ3n) is 5.37. The monoisotopic (exact) mass is 486 g/mol. The van der Waals surface area contributed by atoms with E-state index in [0.717, 1.165) is 18.2 Å². The smallest absolute Gasteiger partial charge is 0.416 e. The summed E-state index contributed by atoms with van der Waals surface area (Å²) in [5, 5.41) is 7.86. The highest BCUT2D eigenvalue weighted by Crippen LogP contribution is 2.31. The van der Waals surface area contributed by atoms with Crippen molar-refractivity contribution in [3.8, 4) is 5.75 Å². The summed E-state index contributed by atoms with van der Waals surface area (Å²) in [4.78, 5) is 16.3. The Morgan fingerprint density at radius 2 is 1.82 bits per heavy atom. The van der Waals surface area contributed by atoms with Crippen LogP contribution < -0.4 is 20.1 Å². The summed E-state index contributed by atoms with van der Waals surface area (Å²) < 4.78 is 67.1. The van der Waals surface area contributed by atoms with Gasteiger partial charge in [-0.05, 0) is 36.4 Å². The first-order valence-electron chi connectivity index (χ1n) is 10.1. The van der Waals surface area contributed by atoms with Crippen LogP contribution in [0.2, 0.25) is 0 Å². The number of alkyl halides is 3. The topological polar surface area (TPSA) is 105 Å². The molecule has 0 bridgehead atoms. The van der Waals surface area contributed by atoms with Gasteiger partial charge >= 0.3 is 6.18 Å². The molecule has 3 rings (SSSR count). The molecule has 0 aliphatic carbocycles. The molecule has 2 aromatic rings. The van der Waals surface area contributed by atoms with Gasteiger partial charge in [-0.1, -0.05) is 6.07 Å². The van der Waals surface area contributed by atoms with Gasteiger partial charge in [-0.25, -0.2) is 13.6 Å². The third kappa shape index (κ3) is 6.36. The van der Waals surface area contributed by atoms with Crippen LogP contribution in [0.1, 0.15) is 15.9 Å². The molecule has 1 fully saturated rings. The van der Waals surface area contributed by atoms with Crippen LogP contribution in [0.25, 0.3) is 0 Å². The van der Waals surface area contributed by atoms with Gasteiger partial charge in [0.25, 0.3) is 5.91 Å². The Kier molecular flexibility index (Phi) is 7.50. The maximum Gasteiger partial charge on any atom is 0.416 e. The van der Waals surface area contributed by atoms with E-state index >= 15 is 0 Å². The lowest BCUT2D eigenvalue weighted by Crippen LogP contribution is -2.48. The number of methoxy groups -OCH3 is 1. The number of primary sulfonamides is 1. The maximum absolute atomic E-state index is 12.9. The molecule has 12 heteroatoms. The van der Waals surface area contributed by atoms with E-state index in [0.29, 0.717) is 45.0 Å². The lowest BCUT2D eigenvalue weighted by molar-refractivity contribution is -0.137. The molecule has 0 unspecified atom stereocenters. The Labute approximate surface area is 190 Å². The average molecular weight is 487 g/mol. The van der Waals surface area contributed by atoms with Crippen molar-refractivity contribution in [2.75, 3.05) is 51.3 Å². The van der Waals surface area contributed by atoms with Crippen LogP contribution in [-0.4, -0.2) is 65.6 Å². The molecular weight excluding hydrogens is 461 g/mol. The van der Waals surface area contributed by atoms with E-state index in [2.05, 4.69) is 10.2 Å². The standard InChI is InChI=1S/C21H25F3N4O4S/c1-32-19-6-5-17(33(25,30)31)14-18(19)20(29)26-7-8-27-9-11-28(12-10-27)16-4-2-3-15(13-16)21(22,23)24/h2-6,13-14H,7-12H2,1H3,(H,26,29)(H2,25,30,31). The van der Waals surface area contributed by atoms with E-state index in [1.165, 1.54) is 25.3 Å². The van der Waals surface area contributed by atoms with Crippen molar-refractivity contribution >= 4 is 21.6 Å². The normalized spacial score (nSPS) is 15.4. The maximum atomic E-state index is 12.9. The minimum atomic E-state index is -4.38. The zero-order valence-corrected chi connectivity index (χ0v) is 18.7. The predicted octanol–water partition coefficient (Wildman–Crippen LogP) is 1.91. The van der Waals surface area contributed by atoms with E-state index in [9.17, 15) is 26.4 Å². The van der Waals surface area contributed by atoms with E-state index in [4.69, 9.17) is 9.88 Å². The van der Waals surface area contributed by atoms with Crippen molar-refractivity contribution in [3.63, 3.8) is 0 Å². The first kappa shape index (κ1) is 24.8. The van der Waals surface area contributed by atoms with Gasteiger partial charge in [0, 0.05) is 45.0 Å². The van der Waals surface area contributed by atoms with Crippen molar-refractivity contribution in [2.24, 2.45) is 5.14 Å². The molecule has 0 atom stereocenters. The first-order valence-corrected chi connectivity index (χ1v) is 11.7. The van der Waals surface area contributed by atoms with Crippen molar-refractivity contribution < 1.29 is 31.1 Å². The number of nitrogens with zero attached hydrogens (tertiary/aromatic N) is 2. The SMILES string of the molecule is COc1ccc(S(N)(=O)=O)cc1C(=O)NCCN1CCN(c2cccc(C(F)(F)F)c2)CC1. The average Bonchev–Trinajstić information content (AvgIpc) is 2.78. The number of anilines is 1. The highest BCUT2D eigenvalue weighted by atomic mass is 32.2. The number of nitrogens with one attached hydrogen (secondary N) is 1. The van der Waals surface area contributed by atoms with Crippen molar-refractivity contribution in [3.05, 3.63) is 53.6 Å². The number of amides is 1. The van der Waals surface area contributed by atoms with Crippen LogP contribution >= 0.6 is 0 Å². The minimum Gasteiger partial charge on any atom is -0.496 e. The van der Waals surface area contributed by atoms with Gasteiger partial charge in [0.1, 0.15) is 5.75 Å². The fourth-order valence-corrected chi connectivity index (χ4v) is 4.11. The van der Waals surface area contributed by atoms with Crippen molar-refractivity contribution in [2.45, 2.75) is 11.1 Å². The van der Waals surface area contributed by atoms with Gasteiger partial charge in [-0.15, -0.1) is 0 Å². The lowest BCUT2D eigenvalue weighted by atomic mass is 10.1. The highest BCUT2D eigenvalue weighted by molar-refractivity contribution is 7.89. The van der Waals surface area contributed by atoms with Gasteiger partial charge < -0.3 is 15.0 Å². The second-order valence-electron chi connectivity index (χ2n) is 7.54. The number of halogens is 3. The van der Waals surface area contributed by atoms with E-state index in [1.807, 2.05) is 4.90 Å². The summed E-state index contributed by atoms with van der Waals surface area (Å²) in [7, 11) is -2.60. The van der Waals surface area contributed by atoms with Crippen LogP contribution in [0, 0.1) is 0 Å². The van der Waals surface area contributed by atoms with Crippen LogP contribution in [-0.2, 0) is 16.2 Å². The molecular formula is C21H25F3N4O4S. The summed E-state index contributed by atoms with van der Waals surface area (Å²) in [5.74, 6) is -0.283. The first-order chi connectivity index (χ1) is 15.5. The molecule has 0 saturated carbocycles. The Balaban J connectivity index is 1.53. The molecule has 1 aliphatic heterocycles. The molecule has 1 saturated heterocycles. The van der Waals surface area contributed by atoms with Gasteiger partial charge in [0.2, 0.25) is 10.0 Å². The molecule has 8 nitrogen and oxygen atoms in total. The zero-order valence-electron chi connectivity index (χ0n) is 17.9. The van der Waals surface area contributed by atoms with Gasteiger partial charge in [0.15, 0.2) is 0 Å². The molecule has 1 amide bonds. The number of ether oxygens (including phenoxy) is 1. The second kappa shape index (κ2) is 9.98. The number of nitrogens with two attached hydrogens (primary N) is 1. The summed E-state index contributed by atoms with van der Waals surface area (Å²) in [5.41, 5.74) is -0.0925. The van der Waals surface area contributed by atoms with Crippen molar-refractivity contribution in [1.29, 1.82) is 0 Å². The lowest BCUT2D eigenvalue weighted by Gasteiger charge is -2.36. The highest BCUT2D eigenvalue weighted by Gasteiger charge is 2.31. The fraction of sp³-hybridized carbons (Fsp3) is 0.381. The number of benzene rings is 2. The summed E-state index contributed by atoms with van der Waals surface area (Å²) in [6.45, 7) is 3.18. The Hall–Kier alpha value is -2.83. The molecule has 3 N–H and O–H groups in total. The molecule has 1 heterocycles. The molecule has 0 spiro atoms. The Morgan fingerprint density at radius 1 is 1.12 bits per heavy atom. The number of rotatable bonds is 7. The van der Waals surface area contributed by atoms with Crippen LogP contribution in [0.3, 0.4) is 0 Å². The summed E-state index contributed by atoms with van der Waals surface area (Å²) >= 11 is 0. The number of hydrogen-bond donors (Lipinski definition) is 2. The molecule has 33 heavy (non-hydrogen) atoms. The number of carbonyl (C=O) groups is 1. The van der Waals surface area contributed by atoms with Gasteiger partial charge in [0.05, 0.1) is 23.1 Å².